The molecule has 0 saturated carbocycles. The Bertz CT molecular complexity index is 162. The molecule has 0 aliphatic heterocycles. The van der Waals surface area contributed by atoms with Gasteiger partial charge in [-0.3, -0.25) is 0 Å². The fraction of sp³-hybridized carbons (Fsp3) is 1.00. The van der Waals surface area contributed by atoms with Crippen molar-refractivity contribution < 1.29 is 64.0 Å². The summed E-state index contributed by atoms with van der Waals surface area (Å²) in [4.78, 5) is 31.0. The minimum Gasteiger partial charge on any atom is -1.00 e. The second kappa shape index (κ2) is 5.83. The van der Waals surface area contributed by atoms with Crippen LogP contribution in [0.25, 0.3) is 0 Å². The van der Waals surface area contributed by atoms with E-state index in [1.807, 2.05) is 0 Å². The van der Waals surface area contributed by atoms with E-state index in [2.05, 4.69) is 4.31 Å². The Hall–Kier alpha value is 1.26. The van der Waals surface area contributed by atoms with Crippen LogP contribution in [0.2, 0.25) is 0 Å². The molecule has 66 valence electrons. The average Bonchev–Trinajstić information content (AvgIpc) is 1.14. The molecule has 0 bridgehead atoms. The van der Waals surface area contributed by atoms with Crippen LogP contribution < -0.4 is 29.6 Å². The third-order valence-corrected chi connectivity index (χ3v) is 1.91. The van der Waals surface area contributed by atoms with Gasteiger partial charge in [0.05, 0.1) is 0 Å². The molecular weight excluding hydrogens is 209 g/mol. The zero-order valence-corrected chi connectivity index (χ0v) is 8.70. The monoisotopic (exact) mass is 218 g/mol. The van der Waals surface area contributed by atoms with Gasteiger partial charge in [0.15, 0.2) is 0 Å². The van der Waals surface area contributed by atoms with Crippen LogP contribution in [-0.2, 0) is 13.4 Å². The van der Waals surface area contributed by atoms with Gasteiger partial charge in [-0.25, -0.2) is 9.13 Å². The van der Waals surface area contributed by atoms with Crippen LogP contribution in [0.15, 0.2) is 0 Å². The molecule has 0 amide bonds. The van der Waals surface area contributed by atoms with Crippen LogP contribution in [-0.4, -0.2) is 19.6 Å². The van der Waals surface area contributed by atoms with Gasteiger partial charge in [-0.05, 0) is 0 Å². The summed E-state index contributed by atoms with van der Waals surface area (Å²) in [6, 6.07) is 0. The van der Waals surface area contributed by atoms with Crippen LogP contribution in [0.3, 0.4) is 0 Å². The molecule has 4 N–H and O–H groups in total. The molecule has 7 nitrogen and oxygen atoms in total. The van der Waals surface area contributed by atoms with Gasteiger partial charge in [0.2, 0.25) is 0 Å². The first-order valence-electron chi connectivity index (χ1n) is 1.53. The Morgan fingerprint density at radius 3 is 1.18 bits per heavy atom. The summed E-state index contributed by atoms with van der Waals surface area (Å²) in [5.41, 5.74) is 0. The zero-order valence-electron chi connectivity index (χ0n) is 5.91. The maximum atomic E-state index is 9.63. The first-order valence-corrected chi connectivity index (χ1v) is 4.59. The minimum atomic E-state index is -5.05. The van der Waals surface area contributed by atoms with E-state index in [0.717, 1.165) is 0 Å². The molecule has 0 saturated heterocycles. The van der Waals surface area contributed by atoms with Crippen molar-refractivity contribution in [1.82, 2.24) is 0 Å². The smallest absolute Gasteiger partial charge is 1.00 e. The van der Waals surface area contributed by atoms with E-state index in [4.69, 9.17) is 19.6 Å². The molecule has 0 aliphatic rings. The predicted molar refractivity (Wildman–Crippen MR) is 33.0 cm³/mol. The molecule has 0 aliphatic carbocycles. The van der Waals surface area contributed by atoms with E-state index in [-0.39, 0.29) is 38.4 Å². The van der Waals surface area contributed by atoms with Gasteiger partial charge in [-0.1, -0.05) is 7.43 Å². The van der Waals surface area contributed by atoms with E-state index in [1.165, 1.54) is 0 Å². The number of hydrogen-bond donors (Lipinski definition) is 4. The van der Waals surface area contributed by atoms with E-state index in [9.17, 15) is 9.13 Å². The summed E-state index contributed by atoms with van der Waals surface area (Å²) in [6.07, 6.45) is 0. The molecule has 0 heterocycles. The fourth-order valence-electron chi connectivity index (χ4n) is 0.139. The van der Waals surface area contributed by atoms with Crippen LogP contribution in [0, 0.1) is 0 Å². The van der Waals surface area contributed by atoms with Gasteiger partial charge in [0.1, 0.15) is 0 Å². The minimum absolute atomic E-state index is 0. The fourth-order valence-corrected chi connectivity index (χ4v) is 1.25. The van der Waals surface area contributed by atoms with Crippen molar-refractivity contribution in [2.75, 3.05) is 0 Å². The van der Waals surface area contributed by atoms with Crippen molar-refractivity contribution in [3.8, 4) is 0 Å². The van der Waals surface area contributed by atoms with Gasteiger partial charge in [0, 0.05) is 0 Å². The second-order valence-corrected chi connectivity index (χ2v) is 3.68. The van der Waals surface area contributed by atoms with E-state index in [1.54, 1.807) is 0 Å². The number of hydrogen-bond acceptors (Lipinski definition) is 3. The van der Waals surface area contributed by atoms with Crippen molar-refractivity contribution in [2.45, 2.75) is 7.43 Å². The van der Waals surface area contributed by atoms with Gasteiger partial charge in [0.25, 0.3) is 0 Å². The molecule has 0 aromatic heterocycles. The van der Waals surface area contributed by atoms with Crippen LogP contribution >= 0.6 is 15.6 Å². The van der Waals surface area contributed by atoms with Crippen LogP contribution in [0.1, 0.15) is 8.85 Å². The molecule has 0 aromatic rings. The third kappa shape index (κ3) is 18.3. The standard InChI is InChI=1S/CH4.Na.H4O7P2.H/c;;1-8(2,3)7-9(4,5)6;/h1H4;;(H2,1,2,3)(H2,4,5,6);/q;+1;;-1. The Morgan fingerprint density at radius 2 is 1.18 bits per heavy atom. The van der Waals surface area contributed by atoms with Crippen molar-refractivity contribution in [3.63, 3.8) is 0 Å². The Morgan fingerprint density at radius 1 is 1.00 bits per heavy atom. The van der Waals surface area contributed by atoms with Gasteiger partial charge in [-0.2, -0.15) is 4.31 Å². The predicted octanol–water partition coefficient (Wildman–Crippen LogP) is -3.06. The van der Waals surface area contributed by atoms with E-state index >= 15 is 0 Å². The third-order valence-electron chi connectivity index (χ3n) is 0.213. The molecule has 0 radical (unpaired) electrons. The number of phosphoric acid groups is 2. The summed E-state index contributed by atoms with van der Waals surface area (Å²) in [7, 11) is -10.1. The van der Waals surface area contributed by atoms with E-state index in [0.29, 0.717) is 0 Å². The summed E-state index contributed by atoms with van der Waals surface area (Å²) < 4.78 is 22.2. The molecule has 0 fully saturated rings. The molecule has 0 unspecified atom stereocenters. The average molecular weight is 218 g/mol. The summed E-state index contributed by atoms with van der Waals surface area (Å²) in [5.74, 6) is 0. The molecule has 0 spiro atoms. The summed E-state index contributed by atoms with van der Waals surface area (Å²) in [6.45, 7) is 0. The zero-order chi connectivity index (χ0) is 7.71. The van der Waals surface area contributed by atoms with Crippen molar-refractivity contribution in [2.24, 2.45) is 0 Å². The first-order chi connectivity index (χ1) is 3.71. The van der Waals surface area contributed by atoms with Gasteiger partial charge >= 0.3 is 45.2 Å². The van der Waals surface area contributed by atoms with Crippen molar-refractivity contribution >= 4 is 15.6 Å². The Kier molecular flexibility index (Phi) is 9.61. The molecule has 0 rings (SSSR count). The van der Waals surface area contributed by atoms with Crippen molar-refractivity contribution in [1.29, 1.82) is 0 Å². The largest absolute Gasteiger partial charge is 1.00 e. The maximum absolute atomic E-state index is 9.63. The molecule has 0 atom stereocenters. The summed E-state index contributed by atoms with van der Waals surface area (Å²) in [5, 5.41) is 0. The first kappa shape index (κ1) is 18.1. The molecule has 11 heavy (non-hydrogen) atoms. The molecule has 0 aromatic carbocycles. The summed E-state index contributed by atoms with van der Waals surface area (Å²) >= 11 is 0. The number of rotatable bonds is 2. The van der Waals surface area contributed by atoms with Gasteiger partial charge in [-0.15, -0.1) is 0 Å². The Labute approximate surface area is 87.0 Å². The van der Waals surface area contributed by atoms with E-state index < -0.39 is 15.6 Å². The maximum Gasteiger partial charge on any atom is 1.00 e. The van der Waals surface area contributed by atoms with Crippen LogP contribution in [0.4, 0.5) is 0 Å². The Balaban J connectivity index is -0.000000107. The normalized spacial score (nSPS) is 11.3. The van der Waals surface area contributed by atoms with Crippen molar-refractivity contribution in [3.05, 3.63) is 0 Å². The SMILES string of the molecule is C.O=P(O)(O)OP(=O)(O)O.[H-].[Na+]. The topological polar surface area (TPSA) is 124 Å². The van der Waals surface area contributed by atoms with Crippen LogP contribution in [0.5, 0.6) is 0 Å². The second-order valence-electron chi connectivity index (χ2n) is 1.06. The van der Waals surface area contributed by atoms with Gasteiger partial charge < -0.3 is 21.0 Å². The quantitative estimate of drug-likeness (QED) is 0.286. The molecule has 10 heteroatoms. The molecular formula is CH9NaO7P2.